The number of amides is 1. The van der Waals surface area contributed by atoms with E-state index in [9.17, 15) is 4.79 Å². The average molecular weight is 321 g/mol. The van der Waals surface area contributed by atoms with Crippen molar-refractivity contribution in [2.24, 2.45) is 5.41 Å². The zero-order valence-electron chi connectivity index (χ0n) is 12.2. The molecule has 1 fully saturated rings. The highest BCUT2D eigenvalue weighted by atomic mass is 32.2. The Labute approximate surface area is 132 Å². The predicted molar refractivity (Wildman–Crippen MR) is 90.2 cm³/mol. The third kappa shape index (κ3) is 3.07. The van der Waals surface area contributed by atoms with Gasteiger partial charge < -0.3 is 10.6 Å². The lowest BCUT2D eigenvalue weighted by atomic mass is 9.82. The van der Waals surface area contributed by atoms with Crippen molar-refractivity contribution < 1.29 is 4.79 Å². The van der Waals surface area contributed by atoms with E-state index in [1.165, 1.54) is 0 Å². The molecule has 2 N–H and O–H groups in total. The molecule has 112 valence electrons. The maximum atomic E-state index is 12.5. The first-order valence-electron chi connectivity index (χ1n) is 7.07. The molecule has 21 heavy (non-hydrogen) atoms. The summed E-state index contributed by atoms with van der Waals surface area (Å²) >= 11 is 3.31. The number of carbonyl (C=O) groups is 1. The van der Waals surface area contributed by atoms with Gasteiger partial charge in [-0.25, -0.2) is 4.98 Å². The average Bonchev–Trinajstić information content (AvgIpc) is 2.90. The van der Waals surface area contributed by atoms with Crippen LogP contribution in [-0.2, 0) is 4.79 Å². The van der Waals surface area contributed by atoms with Crippen LogP contribution in [0.5, 0.6) is 0 Å². The van der Waals surface area contributed by atoms with Crippen LogP contribution in [-0.4, -0.2) is 30.2 Å². The van der Waals surface area contributed by atoms with Gasteiger partial charge in [0.15, 0.2) is 4.34 Å². The van der Waals surface area contributed by atoms with E-state index in [2.05, 4.69) is 15.6 Å². The number of anilines is 1. The Hall–Kier alpha value is -1.11. The van der Waals surface area contributed by atoms with E-state index < -0.39 is 0 Å². The Balaban J connectivity index is 1.79. The summed E-state index contributed by atoms with van der Waals surface area (Å²) in [5.41, 5.74) is 1.54. The van der Waals surface area contributed by atoms with Gasteiger partial charge in [-0.3, -0.25) is 4.79 Å². The zero-order valence-corrected chi connectivity index (χ0v) is 13.9. The topological polar surface area (TPSA) is 54.0 Å². The molecule has 1 amide bonds. The fourth-order valence-corrected chi connectivity index (χ4v) is 4.13. The highest BCUT2D eigenvalue weighted by molar-refractivity contribution is 8.00. The quantitative estimate of drug-likeness (QED) is 0.851. The normalized spacial score (nSPS) is 22.4. The minimum Gasteiger partial charge on any atom is -0.326 e. The highest BCUT2D eigenvalue weighted by Crippen LogP contribution is 2.31. The lowest BCUT2D eigenvalue weighted by Gasteiger charge is -2.32. The van der Waals surface area contributed by atoms with Gasteiger partial charge in [0.25, 0.3) is 0 Å². The van der Waals surface area contributed by atoms with Crippen LogP contribution in [0.25, 0.3) is 10.2 Å². The predicted octanol–water partition coefficient (Wildman–Crippen LogP) is 3.35. The molecule has 2 aromatic rings. The molecule has 3 rings (SSSR count). The number of carbonyl (C=O) groups excluding carboxylic acids is 1. The summed E-state index contributed by atoms with van der Waals surface area (Å²) < 4.78 is 2.17. The van der Waals surface area contributed by atoms with Gasteiger partial charge >= 0.3 is 0 Å². The SMILES string of the molecule is CSc1nc2ccc(NC(=O)C3(C)CCCNC3)cc2s1. The number of benzene rings is 1. The summed E-state index contributed by atoms with van der Waals surface area (Å²) in [5, 5.41) is 6.38. The van der Waals surface area contributed by atoms with Crippen LogP contribution in [0.4, 0.5) is 5.69 Å². The number of hydrogen-bond acceptors (Lipinski definition) is 5. The van der Waals surface area contributed by atoms with E-state index in [0.29, 0.717) is 0 Å². The maximum absolute atomic E-state index is 12.5. The molecule has 6 heteroatoms. The first kappa shape index (κ1) is 14.8. The minimum absolute atomic E-state index is 0.101. The third-order valence-corrected chi connectivity index (χ3v) is 5.95. The van der Waals surface area contributed by atoms with E-state index in [1.54, 1.807) is 23.1 Å². The highest BCUT2D eigenvalue weighted by Gasteiger charge is 2.34. The van der Waals surface area contributed by atoms with Crippen molar-refractivity contribution in [3.8, 4) is 0 Å². The van der Waals surface area contributed by atoms with Gasteiger partial charge in [0, 0.05) is 12.2 Å². The van der Waals surface area contributed by atoms with Crippen molar-refractivity contribution in [1.29, 1.82) is 0 Å². The maximum Gasteiger partial charge on any atom is 0.231 e. The van der Waals surface area contributed by atoms with E-state index in [1.807, 2.05) is 31.4 Å². The van der Waals surface area contributed by atoms with Gasteiger partial charge in [0.05, 0.1) is 15.6 Å². The molecule has 0 spiro atoms. The number of nitrogens with zero attached hydrogens (tertiary/aromatic N) is 1. The fraction of sp³-hybridized carbons (Fsp3) is 0.467. The molecular formula is C15H19N3OS2. The molecule has 1 saturated heterocycles. The first-order valence-corrected chi connectivity index (χ1v) is 9.12. The van der Waals surface area contributed by atoms with Crippen molar-refractivity contribution in [2.75, 3.05) is 24.7 Å². The third-order valence-electron chi connectivity index (χ3n) is 3.95. The number of fused-ring (bicyclic) bond motifs is 1. The van der Waals surface area contributed by atoms with E-state index in [4.69, 9.17) is 0 Å². The molecule has 1 aliphatic rings. The second-order valence-electron chi connectivity index (χ2n) is 5.66. The van der Waals surface area contributed by atoms with Crippen molar-refractivity contribution in [3.05, 3.63) is 18.2 Å². The van der Waals surface area contributed by atoms with Gasteiger partial charge in [0.1, 0.15) is 0 Å². The van der Waals surface area contributed by atoms with Crippen LogP contribution in [0.2, 0.25) is 0 Å². The molecule has 0 saturated carbocycles. The van der Waals surface area contributed by atoms with E-state index >= 15 is 0 Å². The van der Waals surface area contributed by atoms with Crippen LogP contribution in [0, 0.1) is 5.41 Å². The number of piperidine rings is 1. The Kier molecular flexibility index (Phi) is 4.19. The van der Waals surface area contributed by atoms with Gasteiger partial charge in [-0.2, -0.15) is 0 Å². The van der Waals surface area contributed by atoms with Gasteiger partial charge in [-0.15, -0.1) is 11.3 Å². The van der Waals surface area contributed by atoms with Crippen LogP contribution in [0.3, 0.4) is 0 Å². The summed E-state index contributed by atoms with van der Waals surface area (Å²) in [5.74, 6) is 0.101. The van der Waals surface area contributed by atoms with Crippen molar-refractivity contribution >= 4 is 44.9 Å². The number of rotatable bonds is 3. The molecule has 1 aromatic carbocycles. The summed E-state index contributed by atoms with van der Waals surface area (Å²) in [6, 6.07) is 5.93. The van der Waals surface area contributed by atoms with Gasteiger partial charge in [-0.1, -0.05) is 11.8 Å². The molecule has 0 aliphatic carbocycles. The molecule has 4 nitrogen and oxygen atoms in total. The lowest BCUT2D eigenvalue weighted by molar-refractivity contribution is -0.125. The summed E-state index contributed by atoms with van der Waals surface area (Å²) in [7, 11) is 0. The van der Waals surface area contributed by atoms with Crippen molar-refractivity contribution in [3.63, 3.8) is 0 Å². The number of nitrogens with one attached hydrogen (secondary N) is 2. The Morgan fingerprint density at radius 1 is 1.52 bits per heavy atom. The molecule has 0 bridgehead atoms. The Morgan fingerprint density at radius 3 is 3.10 bits per heavy atom. The number of thioether (sulfide) groups is 1. The molecular weight excluding hydrogens is 302 g/mol. The summed E-state index contributed by atoms with van der Waals surface area (Å²) in [6.45, 7) is 3.79. The standard InChI is InChI=1S/C15H19N3OS2/c1-15(6-3-7-16-9-15)13(19)17-10-4-5-11-12(8-10)21-14(18-11)20-2/h4-5,8,16H,3,6-7,9H2,1-2H3,(H,17,19). The zero-order chi connectivity index (χ0) is 14.9. The van der Waals surface area contributed by atoms with Crippen LogP contribution < -0.4 is 10.6 Å². The van der Waals surface area contributed by atoms with E-state index in [0.717, 1.165) is 46.2 Å². The molecule has 1 aromatic heterocycles. The molecule has 2 heterocycles. The Bertz CT molecular complexity index is 662. The monoisotopic (exact) mass is 321 g/mol. The number of aromatic nitrogens is 1. The molecule has 1 aliphatic heterocycles. The second kappa shape index (κ2) is 5.94. The van der Waals surface area contributed by atoms with Gasteiger partial charge in [0.2, 0.25) is 5.91 Å². The number of hydrogen-bond donors (Lipinski definition) is 2. The number of thiazole rings is 1. The van der Waals surface area contributed by atoms with Crippen LogP contribution in [0.1, 0.15) is 19.8 Å². The lowest BCUT2D eigenvalue weighted by Crippen LogP contribution is -2.46. The first-order chi connectivity index (χ1) is 10.1. The smallest absolute Gasteiger partial charge is 0.231 e. The fourth-order valence-electron chi connectivity index (χ4n) is 2.60. The summed E-state index contributed by atoms with van der Waals surface area (Å²) in [6.07, 6.45) is 4.01. The van der Waals surface area contributed by atoms with Crippen molar-refractivity contribution in [1.82, 2.24) is 10.3 Å². The molecule has 0 radical (unpaired) electrons. The second-order valence-corrected chi connectivity index (χ2v) is 7.75. The Morgan fingerprint density at radius 2 is 2.38 bits per heavy atom. The van der Waals surface area contributed by atoms with Crippen molar-refractivity contribution in [2.45, 2.75) is 24.1 Å². The van der Waals surface area contributed by atoms with E-state index in [-0.39, 0.29) is 11.3 Å². The minimum atomic E-state index is -0.314. The largest absolute Gasteiger partial charge is 0.326 e. The molecule has 1 unspecified atom stereocenters. The summed E-state index contributed by atoms with van der Waals surface area (Å²) in [4.78, 5) is 17.0. The van der Waals surface area contributed by atoms with Crippen LogP contribution >= 0.6 is 23.1 Å². The van der Waals surface area contributed by atoms with Crippen LogP contribution in [0.15, 0.2) is 22.5 Å². The van der Waals surface area contributed by atoms with Gasteiger partial charge in [-0.05, 0) is 50.8 Å². The molecule has 1 atom stereocenters.